The molecule has 30 heavy (non-hydrogen) atoms. The number of nitrogens with zero attached hydrogens (tertiary/aromatic N) is 1. The van der Waals surface area contributed by atoms with E-state index in [0.717, 1.165) is 16.1 Å². The van der Waals surface area contributed by atoms with Gasteiger partial charge in [0.25, 0.3) is 15.9 Å². The first-order valence-electron chi connectivity index (χ1n) is 9.58. The molecule has 0 unspecified atom stereocenters. The molecule has 1 aliphatic heterocycles. The number of benzene rings is 3. The molecule has 0 aromatic heterocycles. The van der Waals surface area contributed by atoms with E-state index < -0.39 is 10.0 Å². The molecule has 0 fully saturated rings. The van der Waals surface area contributed by atoms with Gasteiger partial charge in [0.15, 0.2) is 0 Å². The number of sulfonamides is 1. The summed E-state index contributed by atoms with van der Waals surface area (Å²) in [6.45, 7) is 1.88. The van der Waals surface area contributed by atoms with Crippen molar-refractivity contribution in [2.24, 2.45) is 0 Å². The van der Waals surface area contributed by atoms with E-state index in [4.69, 9.17) is 0 Å². The molecule has 1 heterocycles. The Kier molecular flexibility index (Phi) is 5.58. The van der Waals surface area contributed by atoms with Crippen LogP contribution in [0.2, 0.25) is 0 Å². The average molecular weight is 439 g/mol. The van der Waals surface area contributed by atoms with Gasteiger partial charge in [-0.15, -0.1) is 11.8 Å². The van der Waals surface area contributed by atoms with E-state index in [1.807, 2.05) is 37.4 Å². The van der Waals surface area contributed by atoms with Gasteiger partial charge in [0, 0.05) is 16.5 Å². The lowest BCUT2D eigenvalue weighted by molar-refractivity contribution is 0.102. The lowest BCUT2D eigenvalue weighted by Gasteiger charge is -2.24. The number of hydrogen-bond acceptors (Lipinski definition) is 4. The van der Waals surface area contributed by atoms with Crippen LogP contribution in [0, 0.1) is 0 Å². The van der Waals surface area contributed by atoms with Crippen LogP contribution < -0.4 is 9.62 Å². The van der Waals surface area contributed by atoms with Gasteiger partial charge in [0.2, 0.25) is 0 Å². The molecule has 0 radical (unpaired) electrons. The minimum atomic E-state index is -3.66. The van der Waals surface area contributed by atoms with E-state index in [9.17, 15) is 13.2 Å². The van der Waals surface area contributed by atoms with Crippen molar-refractivity contribution >= 4 is 39.1 Å². The van der Waals surface area contributed by atoms with E-state index in [1.165, 1.54) is 4.31 Å². The Balaban J connectivity index is 1.64. The van der Waals surface area contributed by atoms with Crippen LogP contribution in [0.25, 0.3) is 0 Å². The molecule has 3 aromatic carbocycles. The third-order valence-electron chi connectivity index (χ3n) is 5.15. The van der Waals surface area contributed by atoms with Crippen LogP contribution in [-0.2, 0) is 16.4 Å². The van der Waals surface area contributed by atoms with Gasteiger partial charge in [-0.3, -0.25) is 9.10 Å². The summed E-state index contributed by atoms with van der Waals surface area (Å²) >= 11 is 1.57. The number of rotatable bonds is 5. The monoisotopic (exact) mass is 438 g/mol. The number of amides is 1. The van der Waals surface area contributed by atoms with Crippen LogP contribution >= 0.6 is 11.8 Å². The smallest absolute Gasteiger partial charge is 0.264 e. The molecule has 0 spiro atoms. The summed E-state index contributed by atoms with van der Waals surface area (Å²) in [4.78, 5) is 14.1. The Morgan fingerprint density at radius 2 is 1.73 bits per heavy atom. The number of fused-ring (bicyclic) bond motifs is 1. The predicted molar refractivity (Wildman–Crippen MR) is 122 cm³/mol. The molecule has 1 N–H and O–H groups in total. The van der Waals surface area contributed by atoms with E-state index in [0.29, 0.717) is 17.7 Å². The highest BCUT2D eigenvalue weighted by Gasteiger charge is 2.36. The van der Waals surface area contributed by atoms with E-state index >= 15 is 0 Å². The summed E-state index contributed by atoms with van der Waals surface area (Å²) < 4.78 is 27.8. The van der Waals surface area contributed by atoms with Gasteiger partial charge in [-0.1, -0.05) is 30.3 Å². The first-order chi connectivity index (χ1) is 14.4. The third-order valence-corrected chi connectivity index (χ3v) is 7.89. The minimum Gasteiger partial charge on any atom is -0.321 e. The zero-order valence-corrected chi connectivity index (χ0v) is 18.3. The van der Waals surface area contributed by atoms with Crippen molar-refractivity contribution in [1.82, 2.24) is 0 Å². The SMILES string of the molecule is CSc1ccccc1NC(=O)c1ccc2c(c1)C[C@H](C)N2S(=O)(=O)c1ccccc1. The normalized spacial score (nSPS) is 15.7. The maximum Gasteiger partial charge on any atom is 0.264 e. The predicted octanol–water partition coefficient (Wildman–Crippen LogP) is 4.80. The molecule has 1 amide bonds. The minimum absolute atomic E-state index is 0.212. The quantitative estimate of drug-likeness (QED) is 0.581. The second-order valence-corrected chi connectivity index (χ2v) is 9.83. The molecule has 0 saturated heterocycles. The van der Waals surface area contributed by atoms with Gasteiger partial charge in [-0.2, -0.15) is 0 Å². The molecular formula is C23H22N2O3S2. The number of nitrogens with one attached hydrogen (secondary N) is 1. The first-order valence-corrected chi connectivity index (χ1v) is 12.2. The van der Waals surface area contributed by atoms with Crippen LogP contribution in [-0.4, -0.2) is 26.6 Å². The molecule has 0 aliphatic carbocycles. The summed E-state index contributed by atoms with van der Waals surface area (Å²) in [7, 11) is -3.66. The largest absolute Gasteiger partial charge is 0.321 e. The Morgan fingerprint density at radius 3 is 2.47 bits per heavy atom. The molecule has 1 atom stereocenters. The van der Waals surface area contributed by atoms with Crippen LogP contribution in [0.5, 0.6) is 0 Å². The van der Waals surface area contributed by atoms with Gasteiger partial charge in [-0.25, -0.2) is 8.42 Å². The first kappa shape index (κ1) is 20.5. The summed E-state index contributed by atoms with van der Waals surface area (Å²) in [6.07, 6.45) is 2.52. The van der Waals surface area contributed by atoms with Gasteiger partial charge >= 0.3 is 0 Å². The summed E-state index contributed by atoms with van der Waals surface area (Å²) in [5.41, 5.74) is 2.76. The average Bonchev–Trinajstić information content (AvgIpc) is 3.10. The van der Waals surface area contributed by atoms with Crippen LogP contribution in [0.15, 0.2) is 82.6 Å². The van der Waals surface area contributed by atoms with Crippen molar-refractivity contribution in [3.63, 3.8) is 0 Å². The van der Waals surface area contributed by atoms with Crippen LogP contribution in [0.4, 0.5) is 11.4 Å². The molecule has 1 aliphatic rings. The molecule has 154 valence electrons. The Morgan fingerprint density at radius 1 is 1.03 bits per heavy atom. The second kappa shape index (κ2) is 8.16. The number of thioether (sulfide) groups is 1. The van der Waals surface area contributed by atoms with Crippen molar-refractivity contribution in [2.75, 3.05) is 15.9 Å². The van der Waals surface area contributed by atoms with Crippen molar-refractivity contribution in [2.45, 2.75) is 29.2 Å². The van der Waals surface area contributed by atoms with Gasteiger partial charge in [0.1, 0.15) is 0 Å². The number of para-hydroxylation sites is 1. The highest BCUT2D eigenvalue weighted by Crippen LogP contribution is 2.37. The van der Waals surface area contributed by atoms with Crippen LogP contribution in [0.3, 0.4) is 0 Å². The fraction of sp³-hybridized carbons (Fsp3) is 0.174. The van der Waals surface area contributed by atoms with E-state index in [-0.39, 0.29) is 16.8 Å². The van der Waals surface area contributed by atoms with Gasteiger partial charge in [-0.05, 0) is 67.6 Å². The molecular weight excluding hydrogens is 416 g/mol. The maximum atomic E-state index is 13.2. The van der Waals surface area contributed by atoms with Crippen molar-refractivity contribution < 1.29 is 13.2 Å². The molecule has 7 heteroatoms. The fourth-order valence-electron chi connectivity index (χ4n) is 3.76. The second-order valence-electron chi connectivity index (χ2n) is 7.16. The molecule has 4 rings (SSSR count). The van der Waals surface area contributed by atoms with Crippen LogP contribution in [0.1, 0.15) is 22.8 Å². The Bertz CT molecular complexity index is 1190. The van der Waals surface area contributed by atoms with Crippen molar-refractivity contribution in [3.8, 4) is 0 Å². The van der Waals surface area contributed by atoms with E-state index in [2.05, 4.69) is 5.32 Å². The molecule has 3 aromatic rings. The highest BCUT2D eigenvalue weighted by atomic mass is 32.2. The third kappa shape index (κ3) is 3.70. The number of anilines is 2. The van der Waals surface area contributed by atoms with Gasteiger partial charge in [0.05, 0.1) is 16.3 Å². The Labute approximate surface area is 181 Å². The topological polar surface area (TPSA) is 66.5 Å². The Hall–Kier alpha value is -2.77. The van der Waals surface area contributed by atoms with E-state index in [1.54, 1.807) is 60.3 Å². The van der Waals surface area contributed by atoms with Gasteiger partial charge < -0.3 is 5.32 Å². The maximum absolute atomic E-state index is 13.2. The molecule has 0 bridgehead atoms. The standard InChI is InChI=1S/C23H22N2O3S2/c1-16-14-18-15-17(23(26)24-20-10-6-7-11-22(20)29-2)12-13-21(18)25(16)30(27,28)19-8-4-3-5-9-19/h3-13,15-16H,14H2,1-2H3,(H,24,26)/t16-/m0/s1. The summed E-state index contributed by atoms with van der Waals surface area (Å²) in [5.74, 6) is -0.212. The van der Waals surface area contributed by atoms with Crippen molar-refractivity contribution in [3.05, 3.63) is 83.9 Å². The van der Waals surface area contributed by atoms with Crippen molar-refractivity contribution in [1.29, 1.82) is 0 Å². The molecule has 5 nitrogen and oxygen atoms in total. The lowest BCUT2D eigenvalue weighted by Crippen LogP contribution is -2.35. The number of carbonyl (C=O) groups is 1. The lowest BCUT2D eigenvalue weighted by atomic mass is 10.1. The number of carbonyl (C=O) groups excluding carboxylic acids is 1. The number of hydrogen-bond donors (Lipinski definition) is 1. The summed E-state index contributed by atoms with van der Waals surface area (Å²) in [5, 5.41) is 2.96. The highest BCUT2D eigenvalue weighted by molar-refractivity contribution is 7.98. The zero-order valence-electron chi connectivity index (χ0n) is 16.7. The fourth-order valence-corrected chi connectivity index (χ4v) is 6.03. The molecule has 0 saturated carbocycles. The summed E-state index contributed by atoms with van der Waals surface area (Å²) in [6, 6.07) is 21.1. The zero-order chi connectivity index (χ0) is 21.3.